The number of nitrogens with one attached hydrogen (secondary N) is 1. The molecule has 1 fully saturated rings. The number of H-pyrrole nitrogens is 1. The Morgan fingerprint density at radius 1 is 1.18 bits per heavy atom. The van der Waals surface area contributed by atoms with Crippen LogP contribution < -0.4 is 0 Å². The average molecular weight is 602 g/mol. The van der Waals surface area contributed by atoms with Crippen LogP contribution in [-0.2, 0) is 17.6 Å². The van der Waals surface area contributed by atoms with Gasteiger partial charge in [-0.3, -0.25) is 9.59 Å². The van der Waals surface area contributed by atoms with Crippen molar-refractivity contribution in [1.29, 1.82) is 0 Å². The molecule has 40 heavy (non-hydrogen) atoms. The van der Waals surface area contributed by atoms with Gasteiger partial charge in [-0.15, -0.1) is 0 Å². The summed E-state index contributed by atoms with van der Waals surface area (Å²) in [4.78, 5) is 42.2. The van der Waals surface area contributed by atoms with E-state index in [-0.39, 0.29) is 23.3 Å². The summed E-state index contributed by atoms with van der Waals surface area (Å²) in [5.74, 6) is 0.298. The van der Waals surface area contributed by atoms with Crippen molar-refractivity contribution in [3.63, 3.8) is 0 Å². The van der Waals surface area contributed by atoms with Gasteiger partial charge in [-0.1, -0.05) is 19.1 Å². The number of aromatic nitrogens is 5. The number of phenolic OH excluding ortho intramolecular Hbond substituents is 1. The number of phenols is 1. The summed E-state index contributed by atoms with van der Waals surface area (Å²) in [5.41, 5.74) is 6.00. The van der Waals surface area contributed by atoms with Crippen molar-refractivity contribution >= 4 is 38.8 Å². The second-order valence-electron chi connectivity index (χ2n) is 10.7. The van der Waals surface area contributed by atoms with Crippen molar-refractivity contribution in [2.75, 3.05) is 19.6 Å². The van der Waals surface area contributed by atoms with E-state index < -0.39 is 6.04 Å². The highest BCUT2D eigenvalue weighted by molar-refractivity contribution is 9.10. The SMILES string of the molecule is C=CC(=O)N1CCc2nn(-c3ccc(C4CCC4)cc3O)c3c2C(C1)N(C(=O)c1ncc(Br)c2nc[nH]c12)CC3. The number of aromatic amines is 1. The first-order valence-electron chi connectivity index (χ1n) is 13.6. The highest BCUT2D eigenvalue weighted by Gasteiger charge is 2.41. The fraction of sp³-hybridized carbons (Fsp3) is 0.345. The molecule has 1 aliphatic carbocycles. The summed E-state index contributed by atoms with van der Waals surface area (Å²) >= 11 is 3.46. The molecule has 7 rings (SSSR count). The Labute approximate surface area is 238 Å². The molecule has 1 saturated carbocycles. The largest absolute Gasteiger partial charge is 0.506 e. The summed E-state index contributed by atoms with van der Waals surface area (Å²) in [5, 5.41) is 16.0. The summed E-state index contributed by atoms with van der Waals surface area (Å²) in [6.45, 7) is 4.86. The first-order chi connectivity index (χ1) is 19.4. The second-order valence-corrected chi connectivity index (χ2v) is 11.5. The van der Waals surface area contributed by atoms with Gasteiger partial charge in [-0.05, 0) is 58.5 Å². The third-order valence-corrected chi connectivity index (χ3v) is 9.15. The number of amides is 2. The van der Waals surface area contributed by atoms with E-state index in [1.165, 1.54) is 12.5 Å². The maximum atomic E-state index is 14.1. The lowest BCUT2D eigenvalue weighted by molar-refractivity contribution is -0.126. The third kappa shape index (κ3) is 3.86. The van der Waals surface area contributed by atoms with Crippen LogP contribution in [-0.4, -0.2) is 71.1 Å². The van der Waals surface area contributed by atoms with E-state index in [2.05, 4.69) is 43.5 Å². The fourth-order valence-electron chi connectivity index (χ4n) is 6.28. The fourth-order valence-corrected chi connectivity index (χ4v) is 6.68. The molecule has 0 spiro atoms. The molecule has 4 aromatic rings. The number of carbonyl (C=O) groups excluding carboxylic acids is 2. The minimum atomic E-state index is -0.425. The highest BCUT2D eigenvalue weighted by atomic mass is 79.9. The topological polar surface area (TPSA) is 120 Å². The zero-order valence-corrected chi connectivity index (χ0v) is 23.4. The van der Waals surface area contributed by atoms with Gasteiger partial charge in [0.25, 0.3) is 5.91 Å². The van der Waals surface area contributed by atoms with E-state index in [9.17, 15) is 14.7 Å². The van der Waals surface area contributed by atoms with Crippen LogP contribution in [0.15, 0.2) is 47.9 Å². The Balaban J connectivity index is 1.31. The van der Waals surface area contributed by atoms with Crippen molar-refractivity contribution in [3.05, 3.63) is 76.1 Å². The molecule has 0 bridgehead atoms. The standard InChI is InChI=1S/C29H28BrN7O3/c1-2-24(39)35-10-8-19-25-21(37(34-19)20-7-6-17(12-23(20)38)16-4-3-5-16)9-11-36(22(25)14-35)29(40)28-27-26(32-15-33-27)18(30)13-31-28/h2,6-7,12-13,15-16,22,38H,1,3-5,8-11,14H2,(H,32,33). The van der Waals surface area contributed by atoms with Gasteiger partial charge < -0.3 is 19.9 Å². The Morgan fingerprint density at radius 3 is 2.77 bits per heavy atom. The minimum Gasteiger partial charge on any atom is -0.506 e. The Bertz CT molecular complexity index is 1690. The number of fused-ring (bicyclic) bond motifs is 1. The minimum absolute atomic E-state index is 0.181. The zero-order chi connectivity index (χ0) is 27.5. The number of pyridine rings is 1. The lowest BCUT2D eigenvalue weighted by Gasteiger charge is -2.37. The predicted octanol–water partition coefficient (Wildman–Crippen LogP) is 4.19. The van der Waals surface area contributed by atoms with Crippen LogP contribution in [0.3, 0.4) is 0 Å². The van der Waals surface area contributed by atoms with Crippen LogP contribution in [0.2, 0.25) is 0 Å². The van der Waals surface area contributed by atoms with Crippen LogP contribution in [0.4, 0.5) is 0 Å². The van der Waals surface area contributed by atoms with Crippen LogP contribution in [0.25, 0.3) is 16.7 Å². The van der Waals surface area contributed by atoms with E-state index in [1.807, 2.05) is 16.8 Å². The summed E-state index contributed by atoms with van der Waals surface area (Å²) in [6, 6.07) is 5.49. The van der Waals surface area contributed by atoms with E-state index in [0.717, 1.165) is 35.4 Å². The monoisotopic (exact) mass is 601 g/mol. The molecule has 0 radical (unpaired) electrons. The smallest absolute Gasteiger partial charge is 0.275 e. The maximum Gasteiger partial charge on any atom is 0.275 e. The number of rotatable bonds is 4. The van der Waals surface area contributed by atoms with Crippen LogP contribution >= 0.6 is 15.9 Å². The predicted molar refractivity (Wildman–Crippen MR) is 151 cm³/mol. The molecule has 1 atom stereocenters. The van der Waals surface area contributed by atoms with E-state index >= 15 is 0 Å². The van der Waals surface area contributed by atoms with Crippen molar-refractivity contribution in [2.45, 2.75) is 44.1 Å². The van der Waals surface area contributed by atoms with Gasteiger partial charge in [0.2, 0.25) is 5.91 Å². The average Bonchev–Trinajstić information content (AvgIpc) is 3.51. The molecule has 1 aromatic carbocycles. The van der Waals surface area contributed by atoms with E-state index in [1.54, 1.807) is 22.3 Å². The molecule has 10 nitrogen and oxygen atoms in total. The Hall–Kier alpha value is -3.99. The van der Waals surface area contributed by atoms with E-state index in [0.29, 0.717) is 59.6 Å². The summed E-state index contributed by atoms with van der Waals surface area (Å²) in [7, 11) is 0. The number of carbonyl (C=O) groups is 2. The molecule has 3 aliphatic rings. The lowest BCUT2D eigenvalue weighted by Crippen LogP contribution is -2.46. The molecule has 2 amide bonds. The van der Waals surface area contributed by atoms with Crippen LogP contribution in [0, 0.1) is 0 Å². The Kier molecular flexibility index (Phi) is 5.99. The summed E-state index contributed by atoms with van der Waals surface area (Å²) < 4.78 is 2.54. The van der Waals surface area contributed by atoms with Crippen LogP contribution in [0.5, 0.6) is 5.75 Å². The molecule has 2 N–H and O–H groups in total. The number of aromatic hydroxyl groups is 1. The van der Waals surface area contributed by atoms with Gasteiger partial charge in [-0.2, -0.15) is 5.10 Å². The number of benzene rings is 1. The number of hydrogen-bond acceptors (Lipinski definition) is 6. The van der Waals surface area contributed by atoms with Crippen molar-refractivity contribution < 1.29 is 14.7 Å². The molecule has 1 unspecified atom stereocenters. The van der Waals surface area contributed by atoms with Gasteiger partial charge in [0.15, 0.2) is 5.69 Å². The number of nitrogens with zero attached hydrogens (tertiary/aromatic N) is 6. The Morgan fingerprint density at radius 2 is 2.02 bits per heavy atom. The van der Waals surface area contributed by atoms with Gasteiger partial charge in [-0.25, -0.2) is 14.6 Å². The van der Waals surface area contributed by atoms with Gasteiger partial charge in [0, 0.05) is 44.2 Å². The number of hydrogen-bond donors (Lipinski definition) is 2. The molecule has 3 aromatic heterocycles. The van der Waals surface area contributed by atoms with E-state index in [4.69, 9.17) is 5.10 Å². The van der Waals surface area contributed by atoms with Gasteiger partial charge in [0.1, 0.15) is 17.0 Å². The molecular formula is C29H28BrN7O3. The molecule has 0 saturated heterocycles. The maximum absolute atomic E-state index is 14.1. The number of halogens is 1. The lowest BCUT2D eigenvalue weighted by atomic mass is 9.80. The quantitative estimate of drug-likeness (QED) is 0.338. The van der Waals surface area contributed by atoms with Gasteiger partial charge >= 0.3 is 0 Å². The first kappa shape index (κ1) is 25.0. The van der Waals surface area contributed by atoms with Crippen molar-refractivity contribution in [1.82, 2.24) is 34.5 Å². The van der Waals surface area contributed by atoms with Crippen molar-refractivity contribution in [2.24, 2.45) is 0 Å². The van der Waals surface area contributed by atoms with Crippen molar-refractivity contribution in [3.8, 4) is 11.4 Å². The first-order valence-corrected chi connectivity index (χ1v) is 14.4. The molecule has 5 heterocycles. The molecule has 2 aliphatic heterocycles. The highest BCUT2D eigenvalue weighted by Crippen LogP contribution is 2.41. The van der Waals surface area contributed by atoms with Gasteiger partial charge in [0.05, 0.1) is 33.7 Å². The van der Waals surface area contributed by atoms with Crippen LogP contribution in [0.1, 0.15) is 64.2 Å². The number of imidazole rings is 1. The summed E-state index contributed by atoms with van der Waals surface area (Å²) in [6.07, 6.45) is 9.07. The third-order valence-electron chi connectivity index (χ3n) is 8.57. The molecule has 204 valence electrons. The molecular weight excluding hydrogens is 574 g/mol. The second kappa shape index (κ2) is 9.58. The normalized spacial score (nSPS) is 18.8. The zero-order valence-electron chi connectivity index (χ0n) is 21.8. The molecule has 11 heteroatoms.